The first-order valence-electron chi connectivity index (χ1n) is 7.49. The Bertz CT molecular complexity index is 535. The van der Waals surface area contributed by atoms with Crippen molar-refractivity contribution in [2.45, 2.75) is 43.9 Å². The molecule has 120 valence electrons. The molecular formula is C14H25N3O3S. The maximum absolute atomic E-state index is 12.3. The molecule has 0 radical (unpaired) electrons. The van der Waals surface area contributed by atoms with Gasteiger partial charge in [-0.05, 0) is 52.0 Å². The van der Waals surface area contributed by atoms with E-state index in [9.17, 15) is 8.42 Å². The van der Waals surface area contributed by atoms with Crippen molar-refractivity contribution >= 4 is 10.0 Å². The van der Waals surface area contributed by atoms with Gasteiger partial charge in [-0.2, -0.15) is 0 Å². The van der Waals surface area contributed by atoms with E-state index >= 15 is 0 Å². The number of rotatable bonds is 7. The van der Waals surface area contributed by atoms with Gasteiger partial charge < -0.3 is 14.6 Å². The minimum absolute atomic E-state index is 0.0155. The summed E-state index contributed by atoms with van der Waals surface area (Å²) in [7, 11) is -1.79. The van der Waals surface area contributed by atoms with Gasteiger partial charge in [-0.25, -0.2) is 13.1 Å². The van der Waals surface area contributed by atoms with Gasteiger partial charge in [0.15, 0.2) is 0 Å². The summed E-state index contributed by atoms with van der Waals surface area (Å²) in [4.78, 5) is 2.31. The van der Waals surface area contributed by atoms with E-state index < -0.39 is 10.0 Å². The van der Waals surface area contributed by atoms with Crippen LogP contribution in [0.3, 0.4) is 0 Å². The van der Waals surface area contributed by atoms with Crippen LogP contribution in [0.25, 0.3) is 0 Å². The molecule has 1 saturated heterocycles. The van der Waals surface area contributed by atoms with Crippen LogP contribution in [0.5, 0.6) is 0 Å². The number of nitrogens with zero attached hydrogens (tertiary/aromatic N) is 1. The van der Waals surface area contributed by atoms with Crippen molar-refractivity contribution in [1.82, 2.24) is 14.9 Å². The molecule has 0 aliphatic carbocycles. The van der Waals surface area contributed by atoms with Crippen LogP contribution < -0.4 is 10.0 Å². The van der Waals surface area contributed by atoms with Gasteiger partial charge in [-0.15, -0.1) is 0 Å². The molecule has 7 heteroatoms. The largest absolute Gasteiger partial charge is 0.447 e. The maximum Gasteiger partial charge on any atom is 0.274 e. The SMILES string of the molecule is CNCc1ccc(S(=O)(=O)NC(C)CN2CCCCC2)o1. The van der Waals surface area contributed by atoms with E-state index in [1.807, 2.05) is 6.92 Å². The van der Waals surface area contributed by atoms with E-state index in [2.05, 4.69) is 14.9 Å². The fourth-order valence-electron chi connectivity index (χ4n) is 2.66. The highest BCUT2D eigenvalue weighted by atomic mass is 32.2. The Kier molecular flexibility index (Phi) is 5.80. The fourth-order valence-corrected chi connectivity index (χ4v) is 3.85. The third kappa shape index (κ3) is 4.81. The van der Waals surface area contributed by atoms with Gasteiger partial charge >= 0.3 is 0 Å². The molecule has 0 saturated carbocycles. The molecule has 1 aromatic rings. The van der Waals surface area contributed by atoms with Gasteiger partial charge in [-0.1, -0.05) is 6.42 Å². The Morgan fingerprint density at radius 1 is 1.29 bits per heavy atom. The van der Waals surface area contributed by atoms with E-state index in [0.717, 1.165) is 19.6 Å². The van der Waals surface area contributed by atoms with Crippen molar-refractivity contribution < 1.29 is 12.8 Å². The number of sulfonamides is 1. The lowest BCUT2D eigenvalue weighted by Gasteiger charge is -2.29. The smallest absolute Gasteiger partial charge is 0.274 e. The van der Waals surface area contributed by atoms with Crippen LogP contribution in [-0.4, -0.2) is 46.0 Å². The monoisotopic (exact) mass is 315 g/mol. The van der Waals surface area contributed by atoms with Gasteiger partial charge in [0.2, 0.25) is 5.09 Å². The van der Waals surface area contributed by atoms with Crippen LogP contribution >= 0.6 is 0 Å². The number of likely N-dealkylation sites (tertiary alicyclic amines) is 1. The summed E-state index contributed by atoms with van der Waals surface area (Å²) in [5.41, 5.74) is 0. The lowest BCUT2D eigenvalue weighted by Crippen LogP contribution is -2.43. The van der Waals surface area contributed by atoms with Crippen LogP contribution in [0.4, 0.5) is 0 Å². The summed E-state index contributed by atoms with van der Waals surface area (Å²) in [6.07, 6.45) is 3.67. The number of hydrogen-bond donors (Lipinski definition) is 2. The first-order valence-corrected chi connectivity index (χ1v) is 8.97. The van der Waals surface area contributed by atoms with Crippen molar-refractivity contribution in [2.24, 2.45) is 0 Å². The average Bonchev–Trinajstić information content (AvgIpc) is 2.89. The number of piperidine rings is 1. The van der Waals surface area contributed by atoms with E-state index in [-0.39, 0.29) is 11.1 Å². The van der Waals surface area contributed by atoms with E-state index in [4.69, 9.17) is 4.42 Å². The second-order valence-corrected chi connectivity index (χ2v) is 7.28. The molecule has 2 N–H and O–H groups in total. The summed E-state index contributed by atoms with van der Waals surface area (Å²) in [5.74, 6) is 0.613. The van der Waals surface area contributed by atoms with Crippen LogP contribution in [0.2, 0.25) is 0 Å². The third-order valence-corrected chi connectivity index (χ3v) is 5.05. The zero-order valence-electron chi connectivity index (χ0n) is 12.8. The van der Waals surface area contributed by atoms with Crippen LogP contribution in [0.1, 0.15) is 31.9 Å². The normalized spacial score (nSPS) is 18.8. The third-order valence-electron chi connectivity index (χ3n) is 3.59. The highest BCUT2D eigenvalue weighted by Gasteiger charge is 2.23. The highest BCUT2D eigenvalue weighted by Crippen LogP contribution is 2.15. The molecule has 0 bridgehead atoms. The van der Waals surface area contributed by atoms with Crippen molar-refractivity contribution in [3.63, 3.8) is 0 Å². The average molecular weight is 315 g/mol. The lowest BCUT2D eigenvalue weighted by atomic mass is 10.1. The molecule has 1 aromatic heterocycles. The maximum atomic E-state index is 12.3. The molecule has 1 unspecified atom stereocenters. The molecule has 1 aliphatic rings. The van der Waals surface area contributed by atoms with E-state index in [0.29, 0.717) is 12.3 Å². The second kappa shape index (κ2) is 7.40. The Hall–Kier alpha value is -0.890. The number of hydrogen-bond acceptors (Lipinski definition) is 5. The quantitative estimate of drug-likeness (QED) is 0.789. The summed E-state index contributed by atoms with van der Waals surface area (Å²) in [6, 6.07) is 3.05. The predicted molar refractivity (Wildman–Crippen MR) is 81.5 cm³/mol. The molecule has 2 heterocycles. The van der Waals surface area contributed by atoms with E-state index in [1.165, 1.54) is 25.3 Å². The summed E-state index contributed by atoms with van der Waals surface area (Å²) < 4.78 is 32.6. The molecule has 6 nitrogen and oxygen atoms in total. The number of furan rings is 1. The van der Waals surface area contributed by atoms with Crippen molar-refractivity contribution in [1.29, 1.82) is 0 Å². The molecule has 21 heavy (non-hydrogen) atoms. The Balaban J connectivity index is 1.92. The highest BCUT2D eigenvalue weighted by molar-refractivity contribution is 7.89. The Morgan fingerprint density at radius 2 is 2.00 bits per heavy atom. The standard InChI is InChI=1S/C14H25N3O3S/c1-12(11-17-8-4-3-5-9-17)16-21(18,19)14-7-6-13(20-14)10-15-2/h6-7,12,15-16H,3-5,8-11H2,1-2H3. The first kappa shape index (κ1) is 16.5. The number of nitrogens with one attached hydrogen (secondary N) is 2. The van der Waals surface area contributed by atoms with Crippen molar-refractivity contribution in [3.05, 3.63) is 17.9 Å². The molecule has 0 spiro atoms. The van der Waals surface area contributed by atoms with Crippen LogP contribution in [-0.2, 0) is 16.6 Å². The van der Waals surface area contributed by atoms with E-state index in [1.54, 1.807) is 13.1 Å². The van der Waals surface area contributed by atoms with Crippen LogP contribution in [0.15, 0.2) is 21.6 Å². The molecule has 1 atom stereocenters. The summed E-state index contributed by atoms with van der Waals surface area (Å²) >= 11 is 0. The Labute approximate surface area is 126 Å². The van der Waals surface area contributed by atoms with Crippen molar-refractivity contribution in [3.8, 4) is 0 Å². The zero-order valence-corrected chi connectivity index (χ0v) is 13.6. The fraction of sp³-hybridized carbons (Fsp3) is 0.714. The minimum atomic E-state index is -3.58. The van der Waals surface area contributed by atoms with Gasteiger partial charge in [0.05, 0.1) is 6.54 Å². The summed E-state index contributed by atoms with van der Waals surface area (Å²) in [6.45, 7) is 5.25. The van der Waals surface area contributed by atoms with Gasteiger partial charge in [0.1, 0.15) is 5.76 Å². The second-order valence-electron chi connectivity index (χ2n) is 5.63. The topological polar surface area (TPSA) is 74.6 Å². The molecule has 2 rings (SSSR count). The Morgan fingerprint density at radius 3 is 2.67 bits per heavy atom. The lowest BCUT2D eigenvalue weighted by molar-refractivity contribution is 0.215. The first-order chi connectivity index (χ1) is 10.0. The molecule has 0 aromatic carbocycles. The summed E-state index contributed by atoms with van der Waals surface area (Å²) in [5, 5.41) is 2.91. The zero-order chi connectivity index (χ0) is 15.3. The van der Waals surface area contributed by atoms with Crippen molar-refractivity contribution in [2.75, 3.05) is 26.7 Å². The van der Waals surface area contributed by atoms with Gasteiger partial charge in [-0.3, -0.25) is 0 Å². The van der Waals surface area contributed by atoms with Crippen LogP contribution in [0, 0.1) is 0 Å². The van der Waals surface area contributed by atoms with Gasteiger partial charge in [0.25, 0.3) is 10.0 Å². The molecule has 0 amide bonds. The predicted octanol–water partition coefficient (Wildman–Crippen LogP) is 1.15. The minimum Gasteiger partial charge on any atom is -0.447 e. The molecular weight excluding hydrogens is 290 g/mol. The molecule has 1 fully saturated rings. The van der Waals surface area contributed by atoms with Gasteiger partial charge in [0, 0.05) is 12.6 Å². The molecule has 1 aliphatic heterocycles.